The predicted molar refractivity (Wildman–Crippen MR) is 92.9 cm³/mol. The molecule has 0 spiro atoms. The van der Waals surface area contributed by atoms with Gasteiger partial charge in [-0.2, -0.15) is 5.10 Å². The van der Waals surface area contributed by atoms with Crippen LogP contribution in [0.1, 0.15) is 43.9 Å². The average molecular weight is 328 g/mol. The molecule has 0 aliphatic heterocycles. The van der Waals surface area contributed by atoms with Gasteiger partial charge in [-0.15, -0.1) is 0 Å². The summed E-state index contributed by atoms with van der Waals surface area (Å²) in [4.78, 5) is 12.1. The normalized spacial score (nSPS) is 19.8. The van der Waals surface area contributed by atoms with Crippen molar-refractivity contribution >= 4 is 11.7 Å². The van der Waals surface area contributed by atoms with E-state index in [-0.39, 0.29) is 18.6 Å². The maximum absolute atomic E-state index is 12.1. The Kier molecular flexibility index (Phi) is 4.57. The highest BCUT2D eigenvalue weighted by Gasteiger charge is 2.34. The first-order valence-corrected chi connectivity index (χ1v) is 8.38. The van der Waals surface area contributed by atoms with Crippen LogP contribution in [-0.4, -0.2) is 27.5 Å². The van der Waals surface area contributed by atoms with Gasteiger partial charge < -0.3 is 15.7 Å². The number of aryl methyl sites for hydroxylation is 1. The topological polar surface area (TPSA) is 79.2 Å². The summed E-state index contributed by atoms with van der Waals surface area (Å²) < 4.78 is 1.78. The fourth-order valence-corrected chi connectivity index (χ4v) is 3.17. The van der Waals surface area contributed by atoms with Gasteiger partial charge in [0.25, 0.3) is 0 Å². The molecule has 1 atom stereocenters. The molecule has 1 aliphatic rings. The van der Waals surface area contributed by atoms with Crippen LogP contribution in [0.15, 0.2) is 36.7 Å². The maximum Gasteiger partial charge on any atom is 0.319 e. The van der Waals surface area contributed by atoms with Gasteiger partial charge in [0.2, 0.25) is 0 Å². The van der Waals surface area contributed by atoms with E-state index in [2.05, 4.69) is 15.7 Å². The smallest absolute Gasteiger partial charge is 0.319 e. The van der Waals surface area contributed by atoms with Crippen molar-refractivity contribution in [2.75, 3.05) is 11.9 Å². The average Bonchev–Trinajstić information content (AvgIpc) is 3.02. The number of hydrogen-bond acceptors (Lipinski definition) is 3. The molecule has 0 fully saturated rings. The highest BCUT2D eigenvalue weighted by molar-refractivity contribution is 5.88. The molecule has 1 aliphatic carbocycles. The van der Waals surface area contributed by atoms with Crippen LogP contribution in [0.5, 0.6) is 0 Å². The first-order chi connectivity index (χ1) is 11.5. The van der Waals surface area contributed by atoms with E-state index in [9.17, 15) is 9.90 Å². The van der Waals surface area contributed by atoms with E-state index < -0.39 is 5.60 Å². The van der Waals surface area contributed by atoms with Crippen LogP contribution in [0.25, 0.3) is 0 Å². The summed E-state index contributed by atoms with van der Waals surface area (Å²) in [5.41, 5.74) is 1.71. The summed E-state index contributed by atoms with van der Waals surface area (Å²) >= 11 is 0. The van der Waals surface area contributed by atoms with Crippen LogP contribution in [0.2, 0.25) is 0 Å². The summed E-state index contributed by atoms with van der Waals surface area (Å²) in [6, 6.07) is 7.80. The third-order valence-electron chi connectivity index (χ3n) is 4.49. The lowest BCUT2D eigenvalue weighted by Gasteiger charge is -2.34. The minimum absolute atomic E-state index is 0.189. The van der Waals surface area contributed by atoms with Crippen LogP contribution in [0.4, 0.5) is 10.5 Å². The van der Waals surface area contributed by atoms with Gasteiger partial charge in [-0.25, -0.2) is 4.79 Å². The standard InChI is InChI=1S/C18H24N4O2/c1-13(2)22-11-15(10-20-22)21-17(23)19-12-18(24)9-5-7-14-6-3-4-8-16(14)18/h3-4,6,8,10-11,13,24H,5,7,9,12H2,1-2H3,(H2,19,21,23). The summed E-state index contributed by atoms with van der Waals surface area (Å²) in [5.74, 6) is 0. The number of carbonyl (C=O) groups excluding carboxylic acids is 1. The zero-order valence-electron chi connectivity index (χ0n) is 14.1. The predicted octanol–water partition coefficient (Wildman–Crippen LogP) is 2.81. The van der Waals surface area contributed by atoms with Gasteiger partial charge in [0.15, 0.2) is 0 Å². The van der Waals surface area contributed by atoms with E-state index in [1.807, 2.05) is 38.1 Å². The van der Waals surface area contributed by atoms with Crippen LogP contribution in [-0.2, 0) is 12.0 Å². The number of nitrogens with zero attached hydrogens (tertiary/aromatic N) is 2. The zero-order valence-corrected chi connectivity index (χ0v) is 14.1. The second-order valence-electron chi connectivity index (χ2n) is 6.65. The van der Waals surface area contributed by atoms with Crippen LogP contribution >= 0.6 is 0 Å². The Morgan fingerprint density at radius 2 is 2.21 bits per heavy atom. The number of rotatable bonds is 4. The molecule has 0 saturated carbocycles. The van der Waals surface area contributed by atoms with E-state index in [0.29, 0.717) is 12.1 Å². The molecule has 2 aromatic rings. The van der Waals surface area contributed by atoms with Gasteiger partial charge in [0, 0.05) is 12.2 Å². The van der Waals surface area contributed by atoms with Crippen LogP contribution in [0.3, 0.4) is 0 Å². The van der Waals surface area contributed by atoms with Gasteiger partial charge in [-0.3, -0.25) is 4.68 Å². The minimum atomic E-state index is -1.01. The van der Waals surface area contributed by atoms with Crippen molar-refractivity contribution < 1.29 is 9.90 Å². The number of fused-ring (bicyclic) bond motifs is 1. The fourth-order valence-electron chi connectivity index (χ4n) is 3.17. The molecular weight excluding hydrogens is 304 g/mol. The SMILES string of the molecule is CC(C)n1cc(NC(=O)NCC2(O)CCCc3ccccc32)cn1. The molecule has 24 heavy (non-hydrogen) atoms. The van der Waals surface area contributed by atoms with Gasteiger partial charge in [-0.05, 0) is 44.2 Å². The van der Waals surface area contributed by atoms with Crippen molar-refractivity contribution in [3.05, 3.63) is 47.8 Å². The van der Waals surface area contributed by atoms with Crippen molar-refractivity contribution in [2.45, 2.75) is 44.8 Å². The molecule has 1 heterocycles. The molecule has 3 rings (SSSR count). The molecule has 1 aromatic heterocycles. The third kappa shape index (κ3) is 3.43. The third-order valence-corrected chi connectivity index (χ3v) is 4.49. The first-order valence-electron chi connectivity index (χ1n) is 8.38. The van der Waals surface area contributed by atoms with Gasteiger partial charge in [0.05, 0.1) is 18.4 Å². The lowest BCUT2D eigenvalue weighted by molar-refractivity contribution is 0.0221. The molecule has 0 bridgehead atoms. The number of carbonyl (C=O) groups is 1. The number of benzene rings is 1. The monoisotopic (exact) mass is 328 g/mol. The number of urea groups is 1. The van der Waals surface area contributed by atoms with Crippen molar-refractivity contribution in [1.82, 2.24) is 15.1 Å². The Hall–Kier alpha value is -2.34. The second kappa shape index (κ2) is 6.65. The number of nitrogens with one attached hydrogen (secondary N) is 2. The Bertz CT molecular complexity index is 725. The maximum atomic E-state index is 12.1. The minimum Gasteiger partial charge on any atom is -0.383 e. The first kappa shape index (κ1) is 16.5. The van der Waals surface area contributed by atoms with Gasteiger partial charge in [-0.1, -0.05) is 24.3 Å². The lowest BCUT2D eigenvalue weighted by Crippen LogP contribution is -2.44. The van der Waals surface area contributed by atoms with E-state index in [4.69, 9.17) is 0 Å². The molecule has 6 heteroatoms. The molecular formula is C18H24N4O2. The van der Waals surface area contributed by atoms with E-state index >= 15 is 0 Å². The zero-order chi connectivity index (χ0) is 17.2. The number of aliphatic hydroxyl groups is 1. The van der Waals surface area contributed by atoms with E-state index in [0.717, 1.165) is 24.0 Å². The summed E-state index contributed by atoms with van der Waals surface area (Å²) in [6.07, 6.45) is 5.94. The van der Waals surface area contributed by atoms with Crippen molar-refractivity contribution in [3.8, 4) is 0 Å². The van der Waals surface area contributed by atoms with Crippen molar-refractivity contribution in [1.29, 1.82) is 0 Å². The van der Waals surface area contributed by atoms with Crippen LogP contribution in [0, 0.1) is 0 Å². The van der Waals surface area contributed by atoms with Crippen LogP contribution < -0.4 is 10.6 Å². The summed E-state index contributed by atoms with van der Waals surface area (Å²) in [5, 5.41) is 20.7. The highest BCUT2D eigenvalue weighted by Crippen LogP contribution is 2.34. The number of amides is 2. The number of hydrogen-bond donors (Lipinski definition) is 3. The lowest BCUT2D eigenvalue weighted by atomic mass is 9.79. The molecule has 0 saturated heterocycles. The Labute approximate surface area is 141 Å². The quantitative estimate of drug-likeness (QED) is 0.807. The molecule has 3 N–H and O–H groups in total. The fraction of sp³-hybridized carbons (Fsp3) is 0.444. The van der Waals surface area contributed by atoms with E-state index in [1.54, 1.807) is 17.1 Å². The Morgan fingerprint density at radius 1 is 1.42 bits per heavy atom. The Morgan fingerprint density at radius 3 is 2.96 bits per heavy atom. The second-order valence-corrected chi connectivity index (χ2v) is 6.65. The van der Waals surface area contributed by atoms with Gasteiger partial charge >= 0.3 is 6.03 Å². The molecule has 1 aromatic carbocycles. The molecule has 2 amide bonds. The summed E-state index contributed by atoms with van der Waals surface area (Å²) in [6.45, 7) is 4.23. The summed E-state index contributed by atoms with van der Waals surface area (Å²) in [7, 11) is 0. The van der Waals surface area contributed by atoms with Crippen molar-refractivity contribution in [2.24, 2.45) is 0 Å². The molecule has 1 unspecified atom stereocenters. The highest BCUT2D eigenvalue weighted by atomic mass is 16.3. The number of anilines is 1. The molecule has 6 nitrogen and oxygen atoms in total. The largest absolute Gasteiger partial charge is 0.383 e. The number of aromatic nitrogens is 2. The Balaban J connectivity index is 1.62. The van der Waals surface area contributed by atoms with E-state index in [1.165, 1.54) is 0 Å². The van der Waals surface area contributed by atoms with Crippen molar-refractivity contribution in [3.63, 3.8) is 0 Å². The van der Waals surface area contributed by atoms with Gasteiger partial charge in [0.1, 0.15) is 5.60 Å². The molecule has 128 valence electrons. The molecule has 0 radical (unpaired) electrons.